The first-order valence-corrected chi connectivity index (χ1v) is 9.32. The van der Waals surface area contributed by atoms with Crippen molar-refractivity contribution in [3.8, 4) is 5.75 Å². The average molecular weight is 496 g/mol. The molecule has 1 amide bonds. The van der Waals surface area contributed by atoms with E-state index >= 15 is 0 Å². The van der Waals surface area contributed by atoms with Crippen LogP contribution in [0.15, 0.2) is 59.6 Å². The minimum absolute atomic E-state index is 0. The van der Waals surface area contributed by atoms with Gasteiger partial charge in [0.15, 0.2) is 5.96 Å². The summed E-state index contributed by atoms with van der Waals surface area (Å²) in [4.78, 5) is 16.6. The smallest absolute Gasteiger partial charge is 0.251 e. The second-order valence-corrected chi connectivity index (χ2v) is 6.08. The number of rotatable bonds is 9. The number of amides is 1. The summed E-state index contributed by atoms with van der Waals surface area (Å²) in [5, 5.41) is 18.5. The van der Waals surface area contributed by atoms with Crippen molar-refractivity contribution in [2.45, 2.75) is 19.8 Å². The number of hydrogen-bond donors (Lipinski definition) is 4. The van der Waals surface area contributed by atoms with Crippen LogP contribution in [0.1, 0.15) is 29.3 Å². The zero-order valence-electron chi connectivity index (χ0n) is 16.1. The quantitative estimate of drug-likeness (QED) is 0.186. The number of phenolic OH excluding ortho intramolecular Hbond substituents is 1. The van der Waals surface area contributed by atoms with Gasteiger partial charge in [-0.05, 0) is 49.6 Å². The van der Waals surface area contributed by atoms with Gasteiger partial charge in [-0.15, -0.1) is 24.0 Å². The van der Waals surface area contributed by atoms with Gasteiger partial charge in [-0.25, -0.2) is 0 Å². The third-order valence-corrected chi connectivity index (χ3v) is 3.91. The summed E-state index contributed by atoms with van der Waals surface area (Å²) >= 11 is 0. The summed E-state index contributed by atoms with van der Waals surface area (Å²) in [6.45, 7) is 4.60. The minimum atomic E-state index is -0.165. The van der Waals surface area contributed by atoms with Gasteiger partial charge in [0, 0.05) is 31.7 Å². The fourth-order valence-electron chi connectivity index (χ4n) is 2.53. The van der Waals surface area contributed by atoms with Gasteiger partial charge in [0.1, 0.15) is 5.75 Å². The summed E-state index contributed by atoms with van der Waals surface area (Å²) in [7, 11) is 0. The van der Waals surface area contributed by atoms with Gasteiger partial charge in [0.05, 0.1) is 0 Å². The molecule has 2 aromatic carbocycles. The third kappa shape index (κ3) is 9.07. The lowest BCUT2D eigenvalue weighted by Gasteiger charge is -2.12. The number of carbonyl (C=O) groups excluding carboxylic acids is 1. The lowest BCUT2D eigenvalue weighted by molar-refractivity contribution is 0.0954. The van der Waals surface area contributed by atoms with Crippen molar-refractivity contribution in [3.63, 3.8) is 0 Å². The number of guanidine groups is 1. The molecule has 0 spiro atoms. The van der Waals surface area contributed by atoms with Gasteiger partial charge in [-0.1, -0.05) is 30.3 Å². The topological polar surface area (TPSA) is 85.8 Å². The molecule has 0 atom stereocenters. The van der Waals surface area contributed by atoms with E-state index in [0.29, 0.717) is 18.7 Å². The average Bonchev–Trinajstić information content (AvgIpc) is 2.69. The number of nitrogens with one attached hydrogen (secondary N) is 3. The number of aryl methyl sites for hydroxylation is 1. The van der Waals surface area contributed by atoms with Gasteiger partial charge in [0.25, 0.3) is 5.91 Å². The number of halogens is 1. The summed E-state index contributed by atoms with van der Waals surface area (Å²) in [5.74, 6) is 0.734. The number of carbonyl (C=O) groups is 1. The predicted molar refractivity (Wildman–Crippen MR) is 125 cm³/mol. The number of aromatic hydroxyl groups is 1. The first-order chi connectivity index (χ1) is 13.2. The summed E-state index contributed by atoms with van der Waals surface area (Å²) in [5.41, 5.74) is 1.84. The molecule has 0 aliphatic rings. The molecule has 28 heavy (non-hydrogen) atoms. The van der Waals surface area contributed by atoms with Crippen molar-refractivity contribution in [2.24, 2.45) is 4.99 Å². The Morgan fingerprint density at radius 1 is 0.964 bits per heavy atom. The van der Waals surface area contributed by atoms with Crippen LogP contribution in [-0.4, -0.2) is 43.2 Å². The van der Waals surface area contributed by atoms with Crippen molar-refractivity contribution in [1.29, 1.82) is 0 Å². The Labute approximate surface area is 183 Å². The molecule has 2 rings (SSSR count). The van der Waals surface area contributed by atoms with Gasteiger partial charge in [-0.2, -0.15) is 0 Å². The van der Waals surface area contributed by atoms with Crippen LogP contribution in [0.4, 0.5) is 0 Å². The van der Waals surface area contributed by atoms with E-state index in [9.17, 15) is 9.90 Å². The highest BCUT2D eigenvalue weighted by Gasteiger charge is 2.04. The second kappa shape index (κ2) is 13.8. The lowest BCUT2D eigenvalue weighted by atomic mass is 10.1. The molecule has 2 aromatic rings. The monoisotopic (exact) mass is 496 g/mol. The van der Waals surface area contributed by atoms with Gasteiger partial charge >= 0.3 is 0 Å². The molecule has 6 nitrogen and oxygen atoms in total. The van der Waals surface area contributed by atoms with E-state index in [1.165, 1.54) is 17.7 Å². The van der Waals surface area contributed by atoms with Crippen molar-refractivity contribution in [2.75, 3.05) is 26.2 Å². The van der Waals surface area contributed by atoms with Crippen LogP contribution >= 0.6 is 24.0 Å². The standard InChI is InChI=1S/C21H28N4O2.HI/c1-2-22-21(24-14-6-9-17-7-4-3-5-8-17)25-16-15-23-20(27)18-10-12-19(26)13-11-18;/h3-5,7-8,10-13,26H,2,6,9,14-16H2,1H3,(H,23,27)(H2,22,24,25);1H. The Hall–Kier alpha value is -2.29. The van der Waals surface area contributed by atoms with Crippen LogP contribution in [-0.2, 0) is 6.42 Å². The van der Waals surface area contributed by atoms with Gasteiger partial charge in [-0.3, -0.25) is 9.79 Å². The van der Waals surface area contributed by atoms with Gasteiger partial charge in [0.2, 0.25) is 0 Å². The zero-order valence-corrected chi connectivity index (χ0v) is 18.5. The molecule has 0 aliphatic heterocycles. The fraction of sp³-hybridized carbons (Fsp3) is 0.333. The highest BCUT2D eigenvalue weighted by molar-refractivity contribution is 14.0. The summed E-state index contributed by atoms with van der Waals surface area (Å²) in [6.07, 6.45) is 1.99. The minimum Gasteiger partial charge on any atom is -0.508 e. The Bertz CT molecular complexity index is 721. The van der Waals surface area contributed by atoms with Crippen LogP contribution in [0.2, 0.25) is 0 Å². The number of aliphatic imine (C=N–C) groups is 1. The molecule has 0 saturated carbocycles. The van der Waals surface area contributed by atoms with Crippen molar-refractivity contribution >= 4 is 35.8 Å². The molecule has 0 radical (unpaired) electrons. The van der Waals surface area contributed by atoms with Crippen molar-refractivity contribution < 1.29 is 9.90 Å². The van der Waals surface area contributed by atoms with Crippen LogP contribution in [0.25, 0.3) is 0 Å². The molecule has 0 fully saturated rings. The van der Waals surface area contributed by atoms with E-state index < -0.39 is 0 Å². The van der Waals surface area contributed by atoms with Crippen LogP contribution in [0.5, 0.6) is 5.75 Å². The molecular weight excluding hydrogens is 467 g/mol. The van der Waals surface area contributed by atoms with E-state index in [4.69, 9.17) is 0 Å². The van der Waals surface area contributed by atoms with Gasteiger partial charge < -0.3 is 21.1 Å². The number of benzene rings is 2. The van der Waals surface area contributed by atoms with Crippen LogP contribution in [0, 0.1) is 0 Å². The highest BCUT2D eigenvalue weighted by atomic mass is 127. The molecule has 0 heterocycles. The lowest BCUT2D eigenvalue weighted by Crippen LogP contribution is -2.41. The predicted octanol–water partition coefficient (Wildman–Crippen LogP) is 2.93. The SMILES string of the molecule is CCNC(=NCCCc1ccccc1)NCCNC(=O)c1ccc(O)cc1.I. The molecule has 4 N–H and O–H groups in total. The van der Waals surface area contributed by atoms with E-state index in [1.54, 1.807) is 12.1 Å². The molecule has 0 aromatic heterocycles. The molecule has 0 saturated heterocycles. The molecule has 0 bridgehead atoms. The number of phenols is 1. The Kier molecular flexibility index (Phi) is 11.7. The maximum absolute atomic E-state index is 12.0. The zero-order chi connectivity index (χ0) is 19.3. The number of hydrogen-bond acceptors (Lipinski definition) is 3. The first-order valence-electron chi connectivity index (χ1n) is 9.32. The molecule has 152 valence electrons. The third-order valence-electron chi connectivity index (χ3n) is 3.91. The van der Waals surface area contributed by atoms with E-state index in [0.717, 1.165) is 31.9 Å². The maximum Gasteiger partial charge on any atom is 0.251 e. The molecule has 0 aliphatic carbocycles. The van der Waals surface area contributed by atoms with E-state index in [1.807, 2.05) is 13.0 Å². The second-order valence-electron chi connectivity index (χ2n) is 6.08. The molecular formula is C21H29IN4O2. The van der Waals surface area contributed by atoms with Crippen LogP contribution < -0.4 is 16.0 Å². The normalized spacial score (nSPS) is 10.7. The molecule has 0 unspecified atom stereocenters. The maximum atomic E-state index is 12.0. The first kappa shape index (κ1) is 23.7. The fourth-order valence-corrected chi connectivity index (χ4v) is 2.53. The van der Waals surface area contributed by atoms with Crippen molar-refractivity contribution in [3.05, 3.63) is 65.7 Å². The Balaban J connectivity index is 0.00000392. The van der Waals surface area contributed by atoms with Crippen molar-refractivity contribution in [1.82, 2.24) is 16.0 Å². The Morgan fingerprint density at radius 2 is 1.64 bits per heavy atom. The largest absolute Gasteiger partial charge is 0.508 e. The van der Waals surface area contributed by atoms with E-state index in [2.05, 4.69) is 45.2 Å². The van der Waals surface area contributed by atoms with E-state index in [-0.39, 0.29) is 35.6 Å². The summed E-state index contributed by atoms with van der Waals surface area (Å²) in [6, 6.07) is 16.6. The highest BCUT2D eigenvalue weighted by Crippen LogP contribution is 2.09. The number of nitrogens with zero attached hydrogens (tertiary/aromatic N) is 1. The Morgan fingerprint density at radius 3 is 2.32 bits per heavy atom. The molecule has 7 heteroatoms. The summed E-state index contributed by atoms with van der Waals surface area (Å²) < 4.78 is 0. The van der Waals surface area contributed by atoms with Crippen LogP contribution in [0.3, 0.4) is 0 Å².